The van der Waals surface area contributed by atoms with Crippen LogP contribution in [0.4, 0.5) is 0 Å². The van der Waals surface area contributed by atoms with E-state index in [2.05, 4.69) is 10.2 Å². The number of rotatable bonds is 4. The van der Waals surface area contributed by atoms with Crippen molar-refractivity contribution in [3.8, 4) is 0 Å². The summed E-state index contributed by atoms with van der Waals surface area (Å²) in [6, 6.07) is 17.9. The molecular weight excluding hydrogens is 268 g/mol. The van der Waals surface area contributed by atoms with Gasteiger partial charge in [0.25, 0.3) is 0 Å². The minimum absolute atomic E-state index is 0.0563. The molecular formula is C15H16N4S. The average molecular weight is 284 g/mol. The molecule has 0 aromatic heterocycles. The second-order valence-electron chi connectivity index (χ2n) is 4.07. The van der Waals surface area contributed by atoms with E-state index in [9.17, 15) is 0 Å². The summed E-state index contributed by atoms with van der Waals surface area (Å²) in [6.07, 6.45) is 2.04. The third-order valence-electron chi connectivity index (χ3n) is 2.68. The largest absolute Gasteiger partial charge is 0.369 e. The highest BCUT2D eigenvalue weighted by atomic mass is 32.2. The van der Waals surface area contributed by atoms with Crippen LogP contribution in [0.1, 0.15) is 11.1 Å². The van der Waals surface area contributed by atoms with Gasteiger partial charge in [0.2, 0.25) is 5.96 Å². The number of benzene rings is 2. The molecule has 4 N–H and O–H groups in total. The van der Waals surface area contributed by atoms with Crippen LogP contribution in [0.5, 0.6) is 0 Å². The van der Waals surface area contributed by atoms with Gasteiger partial charge in [-0.15, -0.1) is 22.0 Å². The molecule has 4 nitrogen and oxygen atoms in total. The van der Waals surface area contributed by atoms with Gasteiger partial charge in [0.1, 0.15) is 5.71 Å². The van der Waals surface area contributed by atoms with Crippen LogP contribution in [0.25, 0.3) is 0 Å². The molecule has 20 heavy (non-hydrogen) atoms. The molecule has 2 rings (SSSR count). The number of thioether (sulfide) groups is 1. The Morgan fingerprint density at radius 2 is 1.45 bits per heavy atom. The van der Waals surface area contributed by atoms with Gasteiger partial charge in [-0.05, 0) is 18.4 Å². The lowest BCUT2D eigenvalue weighted by atomic mass is 10.0. The van der Waals surface area contributed by atoms with Crippen LogP contribution in [0, 0.1) is 0 Å². The summed E-state index contributed by atoms with van der Waals surface area (Å²) in [5.74, 6) is -0.0563. The van der Waals surface area contributed by atoms with Gasteiger partial charge in [-0.1, -0.05) is 42.5 Å². The minimum Gasteiger partial charge on any atom is -0.369 e. The van der Waals surface area contributed by atoms with Gasteiger partial charge >= 0.3 is 0 Å². The Balaban J connectivity index is 2.46. The first-order valence-electron chi connectivity index (χ1n) is 6.07. The van der Waals surface area contributed by atoms with E-state index in [0.717, 1.165) is 16.8 Å². The van der Waals surface area contributed by atoms with Crippen LogP contribution in [-0.4, -0.2) is 17.9 Å². The van der Waals surface area contributed by atoms with Gasteiger partial charge in [0, 0.05) is 16.0 Å². The topological polar surface area (TPSA) is 76.8 Å². The molecule has 0 radical (unpaired) electrons. The van der Waals surface area contributed by atoms with Gasteiger partial charge in [0.15, 0.2) is 0 Å². The molecule has 0 saturated heterocycles. The zero-order valence-corrected chi connectivity index (χ0v) is 12.0. The fourth-order valence-electron chi connectivity index (χ4n) is 1.73. The monoisotopic (exact) mass is 284 g/mol. The Hall–Kier alpha value is -2.27. The fourth-order valence-corrected chi connectivity index (χ4v) is 2.14. The molecule has 0 saturated carbocycles. The summed E-state index contributed by atoms with van der Waals surface area (Å²) in [5, 5.41) is 7.94. The molecule has 102 valence electrons. The molecule has 0 aliphatic heterocycles. The van der Waals surface area contributed by atoms with Gasteiger partial charge in [-0.25, -0.2) is 0 Å². The van der Waals surface area contributed by atoms with E-state index in [1.54, 1.807) is 11.8 Å². The van der Waals surface area contributed by atoms with Gasteiger partial charge in [-0.2, -0.15) is 0 Å². The lowest BCUT2D eigenvalue weighted by Crippen LogP contribution is -2.22. The van der Waals surface area contributed by atoms with Crippen LogP contribution in [0.15, 0.2) is 69.7 Å². The molecule has 2 aromatic rings. The van der Waals surface area contributed by atoms with Crippen molar-refractivity contribution in [3.63, 3.8) is 0 Å². The van der Waals surface area contributed by atoms with E-state index in [0.29, 0.717) is 0 Å². The maximum atomic E-state index is 5.36. The van der Waals surface area contributed by atoms with E-state index in [1.165, 1.54) is 4.90 Å². The van der Waals surface area contributed by atoms with Crippen LogP contribution in [-0.2, 0) is 0 Å². The van der Waals surface area contributed by atoms with Gasteiger partial charge in [0.05, 0.1) is 0 Å². The molecule has 0 fully saturated rings. The van der Waals surface area contributed by atoms with Crippen molar-refractivity contribution in [3.05, 3.63) is 65.7 Å². The lowest BCUT2D eigenvalue weighted by Gasteiger charge is -2.06. The minimum atomic E-state index is -0.0563. The predicted molar refractivity (Wildman–Crippen MR) is 86.1 cm³/mol. The van der Waals surface area contributed by atoms with Gasteiger partial charge in [-0.3, -0.25) is 0 Å². The summed E-state index contributed by atoms with van der Waals surface area (Å²) in [4.78, 5) is 1.20. The smallest absolute Gasteiger partial charge is 0.211 e. The maximum Gasteiger partial charge on any atom is 0.211 e. The van der Waals surface area contributed by atoms with Crippen molar-refractivity contribution in [2.24, 2.45) is 21.7 Å². The zero-order chi connectivity index (χ0) is 14.4. The van der Waals surface area contributed by atoms with E-state index in [4.69, 9.17) is 11.5 Å². The number of guanidine groups is 1. The SMILES string of the molecule is CSc1ccc(/C(=N/N=C(N)N)c2ccccc2)cc1. The van der Waals surface area contributed by atoms with Crippen molar-refractivity contribution in [1.29, 1.82) is 0 Å². The van der Waals surface area contributed by atoms with Crippen LogP contribution in [0.2, 0.25) is 0 Å². The lowest BCUT2D eigenvalue weighted by molar-refractivity contribution is 1.20. The summed E-state index contributed by atoms with van der Waals surface area (Å²) in [6.45, 7) is 0. The van der Waals surface area contributed by atoms with Crippen LogP contribution >= 0.6 is 11.8 Å². The van der Waals surface area contributed by atoms with Crippen LogP contribution < -0.4 is 11.5 Å². The van der Waals surface area contributed by atoms with Crippen molar-refractivity contribution in [1.82, 2.24) is 0 Å². The summed E-state index contributed by atoms with van der Waals surface area (Å²) < 4.78 is 0. The molecule has 0 amide bonds. The van der Waals surface area contributed by atoms with Crippen molar-refractivity contribution in [2.45, 2.75) is 4.90 Å². The zero-order valence-electron chi connectivity index (χ0n) is 11.2. The predicted octanol–water partition coefficient (Wildman–Crippen LogP) is 2.43. The number of hydrogen-bond donors (Lipinski definition) is 2. The van der Waals surface area contributed by atoms with Crippen molar-refractivity contribution < 1.29 is 0 Å². The third-order valence-corrected chi connectivity index (χ3v) is 3.42. The Bertz CT molecular complexity index is 614. The number of nitrogens with zero attached hydrogens (tertiary/aromatic N) is 2. The van der Waals surface area contributed by atoms with E-state index >= 15 is 0 Å². The second-order valence-corrected chi connectivity index (χ2v) is 4.95. The average Bonchev–Trinajstić information content (AvgIpc) is 2.49. The van der Waals surface area contributed by atoms with E-state index < -0.39 is 0 Å². The molecule has 0 unspecified atom stereocenters. The molecule has 0 spiro atoms. The summed E-state index contributed by atoms with van der Waals surface area (Å²) in [7, 11) is 0. The molecule has 0 atom stereocenters. The molecule has 2 aromatic carbocycles. The first-order chi connectivity index (χ1) is 9.70. The molecule has 0 aliphatic carbocycles. The molecule has 0 heterocycles. The normalized spacial score (nSPS) is 11.2. The van der Waals surface area contributed by atoms with Crippen LogP contribution in [0.3, 0.4) is 0 Å². The van der Waals surface area contributed by atoms with E-state index in [1.807, 2.05) is 60.9 Å². The molecule has 5 heteroatoms. The summed E-state index contributed by atoms with van der Waals surface area (Å²) in [5.41, 5.74) is 13.4. The third kappa shape index (κ3) is 3.61. The maximum absolute atomic E-state index is 5.36. The van der Waals surface area contributed by atoms with Crippen molar-refractivity contribution >= 4 is 23.4 Å². The fraction of sp³-hybridized carbons (Fsp3) is 0.0667. The standard InChI is InChI=1S/C15H16N4S/c1-20-13-9-7-12(8-10-13)14(18-19-15(16)17)11-5-3-2-4-6-11/h2-10H,1H3,(H4,16,17,19)/b18-14+. The highest BCUT2D eigenvalue weighted by molar-refractivity contribution is 7.98. The highest BCUT2D eigenvalue weighted by Gasteiger charge is 2.06. The Morgan fingerprint density at radius 1 is 0.850 bits per heavy atom. The Morgan fingerprint density at radius 3 is 2.00 bits per heavy atom. The molecule has 0 bridgehead atoms. The quantitative estimate of drug-likeness (QED) is 0.392. The summed E-state index contributed by atoms with van der Waals surface area (Å²) >= 11 is 1.70. The van der Waals surface area contributed by atoms with Crippen molar-refractivity contribution in [2.75, 3.05) is 6.26 Å². The first-order valence-corrected chi connectivity index (χ1v) is 7.29. The highest BCUT2D eigenvalue weighted by Crippen LogP contribution is 2.17. The second kappa shape index (κ2) is 6.77. The van der Waals surface area contributed by atoms with E-state index in [-0.39, 0.29) is 5.96 Å². The number of nitrogens with two attached hydrogens (primary N) is 2. The Kier molecular flexibility index (Phi) is 4.79. The first kappa shape index (κ1) is 14.1. The molecule has 0 aliphatic rings. The Labute approximate surface area is 122 Å². The van der Waals surface area contributed by atoms with Gasteiger partial charge < -0.3 is 11.5 Å². The number of hydrogen-bond acceptors (Lipinski definition) is 3.